The first-order valence-corrected chi connectivity index (χ1v) is 7.35. The van der Waals surface area contributed by atoms with Gasteiger partial charge in [-0.25, -0.2) is 14.7 Å². The van der Waals surface area contributed by atoms with Gasteiger partial charge in [0.25, 0.3) is 0 Å². The van der Waals surface area contributed by atoms with Crippen LogP contribution in [0.3, 0.4) is 0 Å². The highest BCUT2D eigenvalue weighted by molar-refractivity contribution is 5.73. The van der Waals surface area contributed by atoms with Crippen LogP contribution in [0.2, 0.25) is 0 Å². The number of allylic oxidation sites excluding steroid dienone is 1. The molecule has 0 aliphatic carbocycles. The van der Waals surface area contributed by atoms with Gasteiger partial charge < -0.3 is 4.74 Å². The van der Waals surface area contributed by atoms with Crippen molar-refractivity contribution in [3.05, 3.63) is 49.2 Å². The zero-order valence-electron chi connectivity index (χ0n) is 13.5. The van der Waals surface area contributed by atoms with Gasteiger partial charge in [-0.2, -0.15) is 0 Å². The van der Waals surface area contributed by atoms with Gasteiger partial charge in [-0.1, -0.05) is 32.6 Å². The van der Waals surface area contributed by atoms with E-state index < -0.39 is 0 Å². The molecular weight excluding hydrogens is 292 g/mol. The molecule has 1 aliphatic rings. The minimum absolute atomic E-state index is 0.111. The van der Waals surface area contributed by atoms with Crippen molar-refractivity contribution in [2.45, 2.75) is 20.8 Å². The van der Waals surface area contributed by atoms with Gasteiger partial charge in [-0.05, 0) is 17.5 Å². The van der Waals surface area contributed by atoms with Crippen LogP contribution in [0.15, 0.2) is 49.2 Å². The van der Waals surface area contributed by atoms with E-state index in [1.54, 1.807) is 28.3 Å². The highest BCUT2D eigenvalue weighted by atomic mass is 16.5. The van der Waals surface area contributed by atoms with Crippen LogP contribution in [0.1, 0.15) is 20.8 Å². The molecule has 0 spiro atoms. The van der Waals surface area contributed by atoms with Crippen molar-refractivity contribution in [2.24, 2.45) is 5.41 Å². The van der Waals surface area contributed by atoms with Crippen molar-refractivity contribution in [3.8, 4) is 5.75 Å². The third-order valence-electron chi connectivity index (χ3n) is 3.19. The largest absolute Gasteiger partial charge is 0.491 e. The molecule has 0 saturated carbocycles. The second-order valence-corrected chi connectivity index (χ2v) is 6.49. The summed E-state index contributed by atoms with van der Waals surface area (Å²) in [4.78, 5) is 4.43. The number of anilines is 1. The minimum Gasteiger partial charge on any atom is -0.491 e. The number of hydrogen-bond donors (Lipinski definition) is 1. The molecule has 7 nitrogen and oxygen atoms in total. The number of nitrogens with one attached hydrogen (secondary N) is 1. The highest BCUT2D eigenvalue weighted by Gasteiger charge is 2.22. The average Bonchev–Trinajstić information content (AvgIpc) is 3.14. The van der Waals surface area contributed by atoms with E-state index in [4.69, 9.17) is 4.74 Å². The molecule has 2 aromatic rings. The van der Waals surface area contributed by atoms with Crippen LogP contribution in [0.25, 0.3) is 5.70 Å². The molecule has 3 heterocycles. The fourth-order valence-corrected chi connectivity index (χ4v) is 2.03. The van der Waals surface area contributed by atoms with Crippen molar-refractivity contribution in [2.75, 3.05) is 11.6 Å². The highest BCUT2D eigenvalue weighted by Crippen LogP contribution is 2.27. The second-order valence-electron chi connectivity index (χ2n) is 6.49. The van der Waals surface area contributed by atoms with Gasteiger partial charge >= 0.3 is 0 Å². The van der Waals surface area contributed by atoms with E-state index in [-0.39, 0.29) is 5.41 Å². The Labute approximate surface area is 135 Å². The molecular formula is C16H20N6O. The van der Waals surface area contributed by atoms with E-state index in [1.165, 1.54) is 0 Å². The number of aromatic nitrogens is 4. The van der Waals surface area contributed by atoms with Crippen molar-refractivity contribution in [3.63, 3.8) is 0 Å². The summed E-state index contributed by atoms with van der Waals surface area (Å²) in [6.07, 6.45) is 6.90. The first-order chi connectivity index (χ1) is 10.9. The van der Waals surface area contributed by atoms with Crippen LogP contribution in [-0.4, -0.2) is 26.6 Å². The van der Waals surface area contributed by atoms with Gasteiger partial charge in [-0.3, -0.25) is 5.43 Å². The molecule has 23 heavy (non-hydrogen) atoms. The van der Waals surface area contributed by atoms with E-state index in [2.05, 4.69) is 48.1 Å². The normalized spacial score (nSPS) is 14.7. The lowest BCUT2D eigenvalue weighted by Gasteiger charge is -2.21. The summed E-state index contributed by atoms with van der Waals surface area (Å²) in [6, 6.07) is 3.78. The Bertz CT molecular complexity index is 712. The molecule has 1 N–H and O–H groups in total. The van der Waals surface area contributed by atoms with Crippen LogP contribution >= 0.6 is 0 Å². The van der Waals surface area contributed by atoms with Gasteiger partial charge in [0.05, 0.1) is 30.9 Å². The Morgan fingerprint density at radius 2 is 2.13 bits per heavy atom. The van der Waals surface area contributed by atoms with E-state index in [1.807, 2.05) is 18.3 Å². The number of pyridine rings is 1. The van der Waals surface area contributed by atoms with Crippen LogP contribution < -0.4 is 15.2 Å². The predicted molar refractivity (Wildman–Crippen MR) is 88.2 cm³/mol. The van der Waals surface area contributed by atoms with Crippen molar-refractivity contribution < 1.29 is 4.74 Å². The third kappa shape index (κ3) is 3.33. The fourth-order valence-electron chi connectivity index (χ4n) is 2.03. The maximum Gasteiger partial charge on any atom is 0.152 e. The van der Waals surface area contributed by atoms with Crippen LogP contribution in [0.4, 0.5) is 5.82 Å². The Morgan fingerprint density at radius 3 is 2.74 bits per heavy atom. The number of nitrogens with zero attached hydrogens (tertiary/aromatic N) is 5. The fraction of sp³-hybridized carbons (Fsp3) is 0.312. The molecule has 0 saturated heterocycles. The molecule has 0 atom stereocenters. The molecule has 3 rings (SSSR count). The molecule has 0 radical (unpaired) electrons. The molecule has 0 fully saturated rings. The van der Waals surface area contributed by atoms with Crippen LogP contribution in [-0.2, 0) is 0 Å². The lowest BCUT2D eigenvalue weighted by atomic mass is 9.99. The molecule has 0 bridgehead atoms. The Kier molecular flexibility index (Phi) is 3.77. The molecule has 120 valence electrons. The number of hydrogen-bond acceptors (Lipinski definition) is 6. The van der Waals surface area contributed by atoms with Crippen molar-refractivity contribution >= 4 is 11.5 Å². The Hall–Kier alpha value is -2.83. The summed E-state index contributed by atoms with van der Waals surface area (Å²) in [5.41, 5.74) is 4.79. The summed E-state index contributed by atoms with van der Waals surface area (Å²) in [7, 11) is 0. The van der Waals surface area contributed by atoms with Gasteiger partial charge in [0, 0.05) is 6.20 Å². The number of rotatable bonds is 4. The third-order valence-corrected chi connectivity index (χ3v) is 3.19. The Morgan fingerprint density at radius 1 is 1.30 bits per heavy atom. The van der Waals surface area contributed by atoms with Gasteiger partial charge in [0.15, 0.2) is 5.82 Å². The average molecular weight is 312 g/mol. The van der Waals surface area contributed by atoms with E-state index in [9.17, 15) is 0 Å². The Balaban J connectivity index is 1.68. The van der Waals surface area contributed by atoms with E-state index in [0.29, 0.717) is 6.61 Å². The summed E-state index contributed by atoms with van der Waals surface area (Å²) < 4.78 is 7.38. The molecule has 7 heteroatoms. The summed E-state index contributed by atoms with van der Waals surface area (Å²) in [5, 5.41) is 9.55. The quantitative estimate of drug-likeness (QED) is 0.935. The van der Waals surface area contributed by atoms with E-state index >= 15 is 0 Å². The number of ether oxygens (including phenoxy) is 1. The molecule has 0 aromatic carbocycles. The SMILES string of the molecule is C=C1C(n2ccnn2)=CNN1c1ccc(OCC(C)(C)C)cn1. The van der Waals surface area contributed by atoms with E-state index in [0.717, 1.165) is 23.0 Å². The first-order valence-electron chi connectivity index (χ1n) is 7.35. The first kappa shape index (κ1) is 15.1. The summed E-state index contributed by atoms with van der Waals surface area (Å²) in [6.45, 7) is 11.1. The topological polar surface area (TPSA) is 68.1 Å². The van der Waals surface area contributed by atoms with Gasteiger partial charge in [-0.15, -0.1) is 5.10 Å². The molecule has 1 aliphatic heterocycles. The maximum absolute atomic E-state index is 5.74. The molecule has 2 aromatic heterocycles. The lowest BCUT2D eigenvalue weighted by molar-refractivity contribution is 0.197. The van der Waals surface area contributed by atoms with Crippen molar-refractivity contribution in [1.82, 2.24) is 25.4 Å². The molecule has 0 unspecified atom stereocenters. The van der Waals surface area contributed by atoms with Gasteiger partial charge in [0.1, 0.15) is 11.4 Å². The maximum atomic E-state index is 5.74. The zero-order valence-corrected chi connectivity index (χ0v) is 13.5. The minimum atomic E-state index is 0.111. The smallest absolute Gasteiger partial charge is 0.152 e. The van der Waals surface area contributed by atoms with Crippen LogP contribution in [0.5, 0.6) is 5.75 Å². The lowest BCUT2D eigenvalue weighted by Crippen LogP contribution is -2.29. The van der Waals surface area contributed by atoms with Crippen LogP contribution in [0, 0.1) is 5.41 Å². The monoisotopic (exact) mass is 312 g/mol. The standard InChI is InChI=1S/C16H20N6O/c1-12-14(21-8-7-18-20-21)10-19-22(12)15-6-5-13(9-17-15)23-11-16(2,3)4/h5-10,19H,1,11H2,2-4H3. The zero-order chi connectivity index (χ0) is 16.4. The van der Waals surface area contributed by atoms with Crippen molar-refractivity contribution in [1.29, 1.82) is 0 Å². The number of hydrazine groups is 1. The molecule has 0 amide bonds. The predicted octanol–water partition coefficient (Wildman–Crippen LogP) is 2.43. The van der Waals surface area contributed by atoms with Gasteiger partial charge in [0.2, 0.25) is 0 Å². The second kappa shape index (κ2) is 5.75. The summed E-state index contributed by atoms with van der Waals surface area (Å²) >= 11 is 0. The summed E-state index contributed by atoms with van der Waals surface area (Å²) in [5.74, 6) is 1.47.